The number of nitrogens with one attached hydrogen (secondary N) is 1. The van der Waals surface area contributed by atoms with Gasteiger partial charge in [-0.3, -0.25) is 4.79 Å². The van der Waals surface area contributed by atoms with Crippen LogP contribution in [0.4, 0.5) is 5.82 Å². The second-order valence-corrected chi connectivity index (χ2v) is 6.22. The number of hydrogen-bond acceptors (Lipinski definition) is 3. The molecule has 0 spiro atoms. The number of nitrogens with zero attached hydrogens (tertiary/aromatic N) is 2. The smallest absolute Gasteiger partial charge is 0.224 e. The van der Waals surface area contributed by atoms with E-state index in [4.69, 9.17) is 16.6 Å². The van der Waals surface area contributed by atoms with Crippen molar-refractivity contribution in [1.82, 2.24) is 10.3 Å². The number of carbonyl (C=O) groups is 1. The molecule has 0 radical (unpaired) electrons. The van der Waals surface area contributed by atoms with Crippen molar-refractivity contribution in [3.05, 3.63) is 34.9 Å². The van der Waals surface area contributed by atoms with Gasteiger partial charge in [-0.15, -0.1) is 0 Å². The van der Waals surface area contributed by atoms with Gasteiger partial charge >= 0.3 is 0 Å². The minimum Gasteiger partial charge on any atom is -0.356 e. The van der Waals surface area contributed by atoms with Gasteiger partial charge in [-0.1, -0.05) is 17.7 Å². The molecule has 2 heterocycles. The first-order valence-corrected chi connectivity index (χ1v) is 8.06. The molecular formula is C17H20ClN3O. The van der Waals surface area contributed by atoms with Crippen LogP contribution >= 0.6 is 11.6 Å². The maximum Gasteiger partial charge on any atom is 0.224 e. The standard InChI is InChI=1S/C17H20ClN3O/c1-3-19-17(22)12-6-7-21(10-12)16-8-11(2)14-5-4-13(18)9-15(14)20-16/h4-5,8-9,12H,3,6-7,10H2,1-2H3,(H,19,22). The van der Waals surface area contributed by atoms with Crippen LogP contribution in [0.5, 0.6) is 0 Å². The summed E-state index contributed by atoms with van der Waals surface area (Å²) in [7, 11) is 0. The molecule has 1 aliphatic heterocycles. The van der Waals surface area contributed by atoms with Gasteiger partial charge in [-0.2, -0.15) is 0 Å². The Labute approximate surface area is 135 Å². The van der Waals surface area contributed by atoms with Crippen molar-refractivity contribution < 1.29 is 4.79 Å². The van der Waals surface area contributed by atoms with E-state index in [-0.39, 0.29) is 11.8 Å². The minimum absolute atomic E-state index is 0.0529. The maximum atomic E-state index is 12.0. The number of hydrogen-bond donors (Lipinski definition) is 1. The molecule has 0 bridgehead atoms. The molecular weight excluding hydrogens is 298 g/mol. The maximum absolute atomic E-state index is 12.0. The van der Waals surface area contributed by atoms with Crippen molar-refractivity contribution in [2.75, 3.05) is 24.5 Å². The second-order valence-electron chi connectivity index (χ2n) is 5.79. The molecule has 1 unspecified atom stereocenters. The molecule has 3 rings (SSSR count). The fraction of sp³-hybridized carbons (Fsp3) is 0.412. The van der Waals surface area contributed by atoms with Crippen molar-refractivity contribution in [1.29, 1.82) is 0 Å². The molecule has 0 saturated carbocycles. The van der Waals surface area contributed by atoms with Crippen molar-refractivity contribution in [3.8, 4) is 0 Å². The molecule has 22 heavy (non-hydrogen) atoms. The van der Waals surface area contributed by atoms with E-state index in [1.165, 1.54) is 5.56 Å². The lowest BCUT2D eigenvalue weighted by atomic mass is 10.1. The SMILES string of the molecule is CCNC(=O)C1CCN(c2cc(C)c3ccc(Cl)cc3n2)C1. The van der Waals surface area contributed by atoms with Crippen LogP contribution in [0, 0.1) is 12.8 Å². The number of fused-ring (bicyclic) bond motifs is 1. The molecule has 1 N–H and O–H groups in total. The number of pyridine rings is 1. The number of rotatable bonds is 3. The second kappa shape index (κ2) is 6.13. The van der Waals surface area contributed by atoms with Gasteiger partial charge in [0.05, 0.1) is 11.4 Å². The molecule has 5 heteroatoms. The molecule has 1 amide bonds. The van der Waals surface area contributed by atoms with Gasteiger partial charge in [0.1, 0.15) is 5.82 Å². The number of carbonyl (C=O) groups excluding carboxylic acids is 1. The van der Waals surface area contributed by atoms with E-state index in [9.17, 15) is 4.79 Å². The van der Waals surface area contributed by atoms with Gasteiger partial charge in [-0.05, 0) is 44.0 Å². The van der Waals surface area contributed by atoms with Crippen molar-refractivity contribution >= 4 is 34.2 Å². The highest BCUT2D eigenvalue weighted by atomic mass is 35.5. The molecule has 0 aliphatic carbocycles. The molecule has 1 fully saturated rings. The summed E-state index contributed by atoms with van der Waals surface area (Å²) in [6, 6.07) is 7.88. The zero-order chi connectivity index (χ0) is 15.7. The first-order chi connectivity index (χ1) is 10.6. The lowest BCUT2D eigenvalue weighted by Gasteiger charge is -2.19. The van der Waals surface area contributed by atoms with Gasteiger partial charge in [0.15, 0.2) is 0 Å². The van der Waals surface area contributed by atoms with E-state index in [1.807, 2.05) is 25.1 Å². The molecule has 1 saturated heterocycles. The largest absolute Gasteiger partial charge is 0.356 e. The van der Waals surface area contributed by atoms with Gasteiger partial charge < -0.3 is 10.2 Å². The average molecular weight is 318 g/mol. The highest BCUT2D eigenvalue weighted by molar-refractivity contribution is 6.31. The molecule has 1 aromatic carbocycles. The molecule has 1 atom stereocenters. The third-order valence-electron chi connectivity index (χ3n) is 4.20. The van der Waals surface area contributed by atoms with E-state index in [1.54, 1.807) is 0 Å². The molecule has 1 aromatic heterocycles. The third kappa shape index (κ3) is 2.88. The van der Waals surface area contributed by atoms with Crippen LogP contribution in [0.1, 0.15) is 18.9 Å². The normalized spacial score (nSPS) is 18.0. The van der Waals surface area contributed by atoms with Crippen LogP contribution in [0.25, 0.3) is 10.9 Å². The van der Waals surface area contributed by atoms with Gasteiger partial charge in [0, 0.05) is 30.0 Å². The number of aromatic nitrogens is 1. The fourth-order valence-corrected chi connectivity index (χ4v) is 3.19. The summed E-state index contributed by atoms with van der Waals surface area (Å²) in [6.45, 7) is 6.30. The number of benzene rings is 1. The zero-order valence-electron chi connectivity index (χ0n) is 12.9. The lowest BCUT2D eigenvalue weighted by molar-refractivity contribution is -0.124. The first-order valence-electron chi connectivity index (χ1n) is 7.68. The fourth-order valence-electron chi connectivity index (χ4n) is 3.02. The van der Waals surface area contributed by atoms with E-state index in [2.05, 4.69) is 23.2 Å². The predicted octanol–water partition coefficient (Wildman–Crippen LogP) is 3.16. The number of aryl methyl sites for hydroxylation is 1. The Morgan fingerprint density at radius 2 is 2.27 bits per heavy atom. The number of anilines is 1. The van der Waals surface area contributed by atoms with Gasteiger partial charge in [0.25, 0.3) is 0 Å². The monoisotopic (exact) mass is 317 g/mol. The Morgan fingerprint density at radius 1 is 1.45 bits per heavy atom. The predicted molar refractivity (Wildman–Crippen MR) is 90.5 cm³/mol. The van der Waals surface area contributed by atoms with Crippen molar-refractivity contribution in [3.63, 3.8) is 0 Å². The molecule has 2 aromatic rings. The molecule has 116 valence electrons. The highest BCUT2D eigenvalue weighted by Gasteiger charge is 2.28. The summed E-state index contributed by atoms with van der Waals surface area (Å²) >= 11 is 6.08. The number of halogens is 1. The van der Waals surface area contributed by atoms with Crippen molar-refractivity contribution in [2.45, 2.75) is 20.3 Å². The topological polar surface area (TPSA) is 45.2 Å². The number of amides is 1. The lowest BCUT2D eigenvalue weighted by Crippen LogP contribution is -2.32. The van der Waals surface area contributed by atoms with Crippen LogP contribution in [0.3, 0.4) is 0 Å². The molecule has 1 aliphatic rings. The van der Waals surface area contributed by atoms with Gasteiger partial charge in [-0.25, -0.2) is 4.98 Å². The Kier molecular flexibility index (Phi) is 4.21. The van der Waals surface area contributed by atoms with Crippen LogP contribution in [-0.2, 0) is 4.79 Å². The minimum atomic E-state index is 0.0529. The summed E-state index contributed by atoms with van der Waals surface area (Å²) < 4.78 is 0. The quantitative estimate of drug-likeness (QED) is 0.946. The summed E-state index contributed by atoms with van der Waals surface area (Å²) in [5, 5.41) is 4.72. The summed E-state index contributed by atoms with van der Waals surface area (Å²) in [5.74, 6) is 1.13. The summed E-state index contributed by atoms with van der Waals surface area (Å²) in [5.41, 5.74) is 2.09. The average Bonchev–Trinajstić information content (AvgIpc) is 2.96. The highest BCUT2D eigenvalue weighted by Crippen LogP contribution is 2.28. The third-order valence-corrected chi connectivity index (χ3v) is 4.43. The first kappa shape index (κ1) is 15.1. The zero-order valence-corrected chi connectivity index (χ0v) is 13.7. The van der Waals surface area contributed by atoms with E-state index >= 15 is 0 Å². The van der Waals surface area contributed by atoms with E-state index in [0.717, 1.165) is 36.2 Å². The Morgan fingerprint density at radius 3 is 3.05 bits per heavy atom. The Hall–Kier alpha value is -1.81. The molecule has 4 nitrogen and oxygen atoms in total. The van der Waals surface area contributed by atoms with Crippen LogP contribution in [-0.4, -0.2) is 30.5 Å². The van der Waals surface area contributed by atoms with Gasteiger partial charge in [0.2, 0.25) is 5.91 Å². The van der Waals surface area contributed by atoms with E-state index < -0.39 is 0 Å². The Bertz CT molecular complexity index is 716. The van der Waals surface area contributed by atoms with Crippen molar-refractivity contribution in [2.24, 2.45) is 5.92 Å². The summed E-state index contributed by atoms with van der Waals surface area (Å²) in [6.07, 6.45) is 0.875. The van der Waals surface area contributed by atoms with E-state index in [0.29, 0.717) is 11.6 Å². The van der Waals surface area contributed by atoms with Crippen LogP contribution < -0.4 is 10.2 Å². The Balaban J connectivity index is 1.86. The van der Waals surface area contributed by atoms with Crippen LogP contribution in [0.15, 0.2) is 24.3 Å². The summed E-state index contributed by atoms with van der Waals surface area (Å²) in [4.78, 5) is 18.9. The van der Waals surface area contributed by atoms with Crippen LogP contribution in [0.2, 0.25) is 5.02 Å².